The van der Waals surface area contributed by atoms with E-state index in [-0.39, 0.29) is 12.5 Å². The van der Waals surface area contributed by atoms with Crippen LogP contribution >= 0.6 is 15.9 Å². The molecule has 0 spiro atoms. The first-order valence-corrected chi connectivity index (χ1v) is 11.8. The van der Waals surface area contributed by atoms with Gasteiger partial charge < -0.3 is 20.1 Å². The Morgan fingerprint density at radius 1 is 0.944 bits per heavy atom. The molecule has 3 amide bonds. The molecule has 0 aliphatic carbocycles. The molecule has 0 bridgehead atoms. The van der Waals surface area contributed by atoms with Crippen LogP contribution in [0.25, 0.3) is 0 Å². The maximum atomic E-state index is 12.2. The second-order valence-corrected chi connectivity index (χ2v) is 8.33. The van der Waals surface area contributed by atoms with Gasteiger partial charge in [0.25, 0.3) is 5.91 Å². The van der Waals surface area contributed by atoms with Crippen LogP contribution in [-0.2, 0) is 20.8 Å². The summed E-state index contributed by atoms with van der Waals surface area (Å²) < 4.78 is 11.8. The van der Waals surface area contributed by atoms with E-state index in [4.69, 9.17) is 9.47 Å². The van der Waals surface area contributed by atoms with Gasteiger partial charge in [-0.1, -0.05) is 41.1 Å². The fourth-order valence-electron chi connectivity index (χ4n) is 3.10. The van der Waals surface area contributed by atoms with Crippen molar-refractivity contribution in [3.63, 3.8) is 0 Å². The molecular weight excluding hydrogens is 528 g/mol. The molecule has 0 radical (unpaired) electrons. The first kappa shape index (κ1) is 26.4. The van der Waals surface area contributed by atoms with Crippen LogP contribution in [0.2, 0.25) is 0 Å². The van der Waals surface area contributed by atoms with E-state index in [2.05, 4.69) is 37.1 Å². The summed E-state index contributed by atoms with van der Waals surface area (Å²) in [6, 6.07) is 19.3. The number of benzene rings is 3. The number of aryl methyl sites for hydroxylation is 1. The van der Waals surface area contributed by atoms with Gasteiger partial charge in [0.2, 0.25) is 0 Å². The largest absolute Gasteiger partial charge is 0.493 e. The Bertz CT molecular complexity index is 1260. The molecule has 0 saturated carbocycles. The van der Waals surface area contributed by atoms with Crippen LogP contribution in [0, 0.1) is 0 Å². The number of ether oxygens (including phenoxy) is 2. The molecule has 0 aromatic heterocycles. The molecule has 0 aliphatic heterocycles. The van der Waals surface area contributed by atoms with E-state index in [9.17, 15) is 14.4 Å². The summed E-state index contributed by atoms with van der Waals surface area (Å²) >= 11 is 3.34. The number of amides is 3. The van der Waals surface area contributed by atoms with Crippen LogP contribution in [0.3, 0.4) is 0 Å². The van der Waals surface area contributed by atoms with Crippen molar-refractivity contribution in [2.45, 2.75) is 13.3 Å². The highest BCUT2D eigenvalue weighted by molar-refractivity contribution is 9.10. The quantitative estimate of drug-likeness (QED) is 0.209. The van der Waals surface area contributed by atoms with Crippen LogP contribution in [0.4, 0.5) is 11.4 Å². The molecule has 186 valence electrons. The number of hydrogen-bond donors (Lipinski definition) is 3. The molecule has 3 N–H and O–H groups in total. The van der Waals surface area contributed by atoms with Crippen molar-refractivity contribution in [3.05, 3.63) is 82.3 Å². The van der Waals surface area contributed by atoms with Crippen molar-refractivity contribution in [1.29, 1.82) is 0 Å². The van der Waals surface area contributed by atoms with E-state index in [0.29, 0.717) is 34.9 Å². The number of carbonyl (C=O) groups excluding carboxylic acids is 3. The van der Waals surface area contributed by atoms with Gasteiger partial charge in [0, 0.05) is 15.8 Å². The number of nitrogens with one attached hydrogen (secondary N) is 3. The highest BCUT2D eigenvalue weighted by Crippen LogP contribution is 2.27. The summed E-state index contributed by atoms with van der Waals surface area (Å²) in [7, 11) is 1.46. The second-order valence-electron chi connectivity index (χ2n) is 7.42. The molecule has 10 heteroatoms. The third kappa shape index (κ3) is 7.67. The Morgan fingerprint density at radius 3 is 2.42 bits per heavy atom. The molecule has 0 atom stereocenters. The number of hydrazone groups is 1. The number of halogens is 1. The molecule has 3 aromatic carbocycles. The summed E-state index contributed by atoms with van der Waals surface area (Å²) in [5.74, 6) is -1.32. The lowest BCUT2D eigenvalue weighted by atomic mass is 10.1. The summed E-state index contributed by atoms with van der Waals surface area (Å²) in [6.45, 7) is 1.74. The van der Waals surface area contributed by atoms with E-state index in [1.165, 1.54) is 13.3 Å². The van der Waals surface area contributed by atoms with Crippen LogP contribution in [0.1, 0.15) is 18.1 Å². The summed E-state index contributed by atoms with van der Waals surface area (Å²) in [5, 5.41) is 9.15. The van der Waals surface area contributed by atoms with Gasteiger partial charge in [-0.2, -0.15) is 5.10 Å². The number of methoxy groups -OCH3 is 1. The van der Waals surface area contributed by atoms with Gasteiger partial charge in [-0.25, -0.2) is 5.43 Å². The molecule has 0 aliphatic rings. The van der Waals surface area contributed by atoms with E-state index in [0.717, 1.165) is 10.0 Å². The first-order valence-electron chi connectivity index (χ1n) is 11.0. The fraction of sp³-hybridized carbons (Fsp3) is 0.154. The average molecular weight is 553 g/mol. The molecular formula is C26H25BrN4O5. The van der Waals surface area contributed by atoms with Crippen LogP contribution in [-0.4, -0.2) is 37.7 Å². The van der Waals surface area contributed by atoms with Gasteiger partial charge in [-0.15, -0.1) is 0 Å². The molecule has 3 rings (SSSR count). The predicted octanol–water partition coefficient (Wildman–Crippen LogP) is 4.13. The van der Waals surface area contributed by atoms with Crippen molar-refractivity contribution in [1.82, 2.24) is 5.43 Å². The number of carbonyl (C=O) groups is 3. The van der Waals surface area contributed by atoms with Gasteiger partial charge in [-0.3, -0.25) is 14.4 Å². The molecule has 0 unspecified atom stereocenters. The fourth-order valence-corrected chi connectivity index (χ4v) is 3.37. The Balaban J connectivity index is 1.53. The van der Waals surface area contributed by atoms with Crippen molar-refractivity contribution in [3.8, 4) is 11.5 Å². The molecule has 36 heavy (non-hydrogen) atoms. The van der Waals surface area contributed by atoms with Gasteiger partial charge >= 0.3 is 11.8 Å². The summed E-state index contributed by atoms with van der Waals surface area (Å²) in [6.07, 6.45) is 2.07. The minimum atomic E-state index is -0.902. The lowest BCUT2D eigenvalue weighted by Crippen LogP contribution is -2.32. The van der Waals surface area contributed by atoms with Gasteiger partial charge in [-0.05, 0) is 66.1 Å². The molecule has 9 nitrogen and oxygen atoms in total. The number of para-hydroxylation sites is 1. The lowest BCUT2D eigenvalue weighted by molar-refractivity contribution is -0.136. The third-order valence-electron chi connectivity index (χ3n) is 4.91. The Kier molecular flexibility index (Phi) is 9.58. The monoisotopic (exact) mass is 552 g/mol. The first-order chi connectivity index (χ1) is 17.4. The molecule has 0 heterocycles. The number of rotatable bonds is 9. The molecule has 0 fully saturated rings. The minimum Gasteiger partial charge on any atom is -0.493 e. The SMILES string of the molecule is CCc1ccccc1NC(=O)C(=O)N/N=C\c1ccc(OCC(=O)Nc2ccc(Br)cc2)c(OC)c1. The van der Waals surface area contributed by atoms with Gasteiger partial charge in [0.1, 0.15) is 0 Å². The van der Waals surface area contributed by atoms with Crippen molar-refractivity contribution in [2.24, 2.45) is 5.10 Å². The maximum absolute atomic E-state index is 12.2. The van der Waals surface area contributed by atoms with Crippen LogP contribution in [0.5, 0.6) is 11.5 Å². The van der Waals surface area contributed by atoms with E-state index in [1.807, 2.05) is 31.2 Å². The zero-order valence-corrected chi connectivity index (χ0v) is 21.3. The molecule has 3 aromatic rings. The Morgan fingerprint density at radius 2 is 1.69 bits per heavy atom. The number of nitrogens with zero attached hydrogens (tertiary/aromatic N) is 1. The normalized spacial score (nSPS) is 10.5. The topological polar surface area (TPSA) is 118 Å². The highest BCUT2D eigenvalue weighted by Gasteiger charge is 2.14. The van der Waals surface area contributed by atoms with Crippen molar-refractivity contribution >= 4 is 51.2 Å². The van der Waals surface area contributed by atoms with Crippen molar-refractivity contribution < 1.29 is 23.9 Å². The zero-order valence-electron chi connectivity index (χ0n) is 19.7. The maximum Gasteiger partial charge on any atom is 0.329 e. The number of hydrogen-bond acceptors (Lipinski definition) is 6. The smallest absolute Gasteiger partial charge is 0.329 e. The highest BCUT2D eigenvalue weighted by atomic mass is 79.9. The van der Waals surface area contributed by atoms with Crippen LogP contribution in [0.15, 0.2) is 76.3 Å². The van der Waals surface area contributed by atoms with E-state index < -0.39 is 11.8 Å². The van der Waals surface area contributed by atoms with Gasteiger partial charge in [0.15, 0.2) is 18.1 Å². The summed E-state index contributed by atoms with van der Waals surface area (Å²) in [4.78, 5) is 36.4. The Labute approximate surface area is 217 Å². The predicted molar refractivity (Wildman–Crippen MR) is 141 cm³/mol. The van der Waals surface area contributed by atoms with Gasteiger partial charge in [0.05, 0.1) is 13.3 Å². The standard InChI is InChI=1S/C26H25BrN4O5/c1-3-18-6-4-5-7-21(18)30-25(33)26(34)31-28-15-17-8-13-22(23(14-17)35-2)36-16-24(32)29-20-11-9-19(27)10-12-20/h4-15H,3,16H2,1-2H3,(H,29,32)(H,30,33)(H,31,34)/b28-15-. The second kappa shape index (κ2) is 13.1. The molecule has 0 saturated heterocycles. The summed E-state index contributed by atoms with van der Waals surface area (Å²) in [5.41, 5.74) is 4.92. The number of anilines is 2. The van der Waals surface area contributed by atoms with Crippen molar-refractivity contribution in [2.75, 3.05) is 24.4 Å². The zero-order chi connectivity index (χ0) is 25.9. The Hall–Kier alpha value is -4.18. The lowest BCUT2D eigenvalue weighted by Gasteiger charge is -2.11. The van der Waals surface area contributed by atoms with E-state index in [1.54, 1.807) is 42.5 Å². The minimum absolute atomic E-state index is 0.216. The average Bonchev–Trinajstić information content (AvgIpc) is 2.89. The van der Waals surface area contributed by atoms with E-state index >= 15 is 0 Å². The van der Waals surface area contributed by atoms with Crippen LogP contribution < -0.4 is 25.5 Å². The third-order valence-corrected chi connectivity index (χ3v) is 5.44.